The standard InChI is InChI=1S/C59H44N2/c1-2-40-47-22-9-15-29-56(47)61-57-30-16-12-25-50(57)53-36-52(45-21-7-8-26-51(45)58(53)59(40)61)38-33-37(31-32-46-43-19-5-3-17-41(43)42-18-4-6-20-44(42)46)34-39(35-38)60-54-27-13-10-23-48(54)49-24-11-14-28-55(49)60/h3-30,33-36,40,46,59H,2,31-32H2,1H3. The summed E-state index contributed by atoms with van der Waals surface area (Å²) in [6.07, 6.45) is 3.08. The van der Waals surface area contributed by atoms with Gasteiger partial charge in [-0.3, -0.25) is 0 Å². The minimum atomic E-state index is 0.225. The van der Waals surface area contributed by atoms with Crippen molar-refractivity contribution in [2.45, 2.75) is 44.1 Å². The number of fused-ring (bicyclic) bond motifs is 16. The van der Waals surface area contributed by atoms with E-state index in [4.69, 9.17) is 0 Å². The van der Waals surface area contributed by atoms with Crippen LogP contribution in [0.2, 0.25) is 0 Å². The van der Waals surface area contributed by atoms with Crippen molar-refractivity contribution in [3.63, 3.8) is 0 Å². The summed E-state index contributed by atoms with van der Waals surface area (Å²) in [6, 6.07) is 73.7. The molecule has 1 aromatic heterocycles. The van der Waals surface area contributed by atoms with Crippen LogP contribution in [0.25, 0.3) is 71.6 Å². The Labute approximate surface area is 357 Å². The van der Waals surface area contributed by atoms with Crippen LogP contribution >= 0.6 is 0 Å². The molecule has 9 aromatic carbocycles. The van der Waals surface area contributed by atoms with E-state index in [2.05, 4.69) is 211 Å². The monoisotopic (exact) mass is 780 g/mol. The van der Waals surface area contributed by atoms with Crippen molar-refractivity contribution in [1.82, 2.24) is 4.57 Å². The SMILES string of the molecule is CCC1c2ccccc2N2c3ccccc3-c3cc(-c4cc(CCC5c6ccccc6-c6ccccc65)cc(-n5c6ccccc6c6ccccc65)c4)c4ccccc4c3C12. The van der Waals surface area contributed by atoms with E-state index in [1.807, 2.05) is 0 Å². The predicted molar refractivity (Wildman–Crippen MR) is 256 cm³/mol. The molecule has 0 radical (unpaired) electrons. The van der Waals surface area contributed by atoms with E-state index in [-0.39, 0.29) is 6.04 Å². The molecule has 2 nitrogen and oxygen atoms in total. The molecule has 3 heterocycles. The van der Waals surface area contributed by atoms with Crippen molar-refractivity contribution in [3.05, 3.63) is 222 Å². The number of aromatic nitrogens is 1. The highest BCUT2D eigenvalue weighted by atomic mass is 15.2. The van der Waals surface area contributed by atoms with Gasteiger partial charge in [-0.2, -0.15) is 0 Å². The van der Waals surface area contributed by atoms with E-state index >= 15 is 0 Å². The van der Waals surface area contributed by atoms with Gasteiger partial charge in [0.1, 0.15) is 0 Å². The lowest BCUT2D eigenvalue weighted by atomic mass is 9.78. The molecule has 61 heavy (non-hydrogen) atoms. The number of benzene rings is 9. The van der Waals surface area contributed by atoms with Crippen LogP contribution in [0.4, 0.5) is 11.4 Å². The third-order valence-electron chi connectivity index (χ3n) is 14.3. The second kappa shape index (κ2) is 13.4. The number of anilines is 2. The maximum atomic E-state index is 2.66. The van der Waals surface area contributed by atoms with Gasteiger partial charge in [-0.25, -0.2) is 0 Å². The summed E-state index contributed by atoms with van der Waals surface area (Å²) >= 11 is 0. The minimum Gasteiger partial charge on any atom is -0.332 e. The number of rotatable bonds is 6. The zero-order valence-electron chi connectivity index (χ0n) is 34.2. The fraction of sp³-hybridized carbons (Fsp3) is 0.119. The van der Waals surface area contributed by atoms with E-state index in [0.29, 0.717) is 11.8 Å². The Bertz CT molecular complexity index is 3300. The van der Waals surface area contributed by atoms with Crippen LogP contribution in [-0.2, 0) is 6.42 Å². The van der Waals surface area contributed by atoms with E-state index in [9.17, 15) is 0 Å². The third kappa shape index (κ3) is 5.03. The van der Waals surface area contributed by atoms with Crippen molar-refractivity contribution in [3.8, 4) is 39.1 Å². The summed E-state index contributed by atoms with van der Waals surface area (Å²) in [6.45, 7) is 2.37. The smallest absolute Gasteiger partial charge is 0.0673 e. The first-order valence-electron chi connectivity index (χ1n) is 22.1. The van der Waals surface area contributed by atoms with Crippen molar-refractivity contribution in [1.29, 1.82) is 0 Å². The van der Waals surface area contributed by atoms with Crippen molar-refractivity contribution < 1.29 is 0 Å². The van der Waals surface area contributed by atoms with Crippen LogP contribution < -0.4 is 4.90 Å². The van der Waals surface area contributed by atoms with Gasteiger partial charge in [0.25, 0.3) is 0 Å². The summed E-state index contributed by atoms with van der Waals surface area (Å²) in [4.78, 5) is 2.66. The fourth-order valence-electron chi connectivity index (χ4n) is 11.8. The van der Waals surface area contributed by atoms with Gasteiger partial charge in [0.15, 0.2) is 0 Å². The lowest BCUT2D eigenvalue weighted by Gasteiger charge is -2.39. The molecule has 0 amide bonds. The van der Waals surface area contributed by atoms with Gasteiger partial charge in [-0.15, -0.1) is 0 Å². The Hall–Kier alpha value is -7.16. The lowest BCUT2D eigenvalue weighted by molar-refractivity contribution is 0.567. The molecule has 2 aliphatic heterocycles. The molecule has 2 atom stereocenters. The highest BCUT2D eigenvalue weighted by Crippen LogP contribution is 2.61. The fourth-order valence-corrected chi connectivity index (χ4v) is 11.8. The normalized spacial score (nSPS) is 16.0. The summed E-state index contributed by atoms with van der Waals surface area (Å²) < 4.78 is 2.51. The van der Waals surface area contributed by atoms with Crippen LogP contribution in [0.3, 0.4) is 0 Å². The molecule has 0 spiro atoms. The molecule has 10 aromatic rings. The Morgan fingerprint density at radius 1 is 0.443 bits per heavy atom. The molecule has 0 N–H and O–H groups in total. The zero-order chi connectivity index (χ0) is 40.2. The first-order valence-corrected chi connectivity index (χ1v) is 22.1. The first kappa shape index (κ1) is 34.7. The third-order valence-corrected chi connectivity index (χ3v) is 14.3. The topological polar surface area (TPSA) is 8.17 Å². The number of nitrogens with zero attached hydrogens (tertiary/aromatic N) is 2. The molecule has 2 unspecified atom stereocenters. The second-order valence-corrected chi connectivity index (χ2v) is 17.4. The van der Waals surface area contributed by atoms with Gasteiger partial charge in [0.2, 0.25) is 0 Å². The number of aryl methyl sites for hydroxylation is 1. The average molecular weight is 781 g/mol. The van der Waals surface area contributed by atoms with E-state index in [1.54, 1.807) is 0 Å². The van der Waals surface area contributed by atoms with Crippen molar-refractivity contribution >= 4 is 44.0 Å². The van der Waals surface area contributed by atoms with E-state index in [0.717, 1.165) is 19.3 Å². The molecule has 13 rings (SSSR count). The zero-order valence-corrected chi connectivity index (χ0v) is 34.2. The molecule has 0 saturated carbocycles. The van der Waals surface area contributed by atoms with Crippen LogP contribution in [-0.4, -0.2) is 4.57 Å². The summed E-state index contributed by atoms with van der Waals surface area (Å²) in [5.74, 6) is 0.757. The summed E-state index contributed by atoms with van der Waals surface area (Å²) in [7, 11) is 0. The minimum absolute atomic E-state index is 0.225. The highest BCUT2D eigenvalue weighted by Gasteiger charge is 2.44. The number of hydrogen-bond donors (Lipinski definition) is 0. The van der Waals surface area contributed by atoms with Gasteiger partial charge in [0.05, 0.1) is 17.1 Å². The Kier molecular flexibility index (Phi) is 7.63. The quantitative estimate of drug-likeness (QED) is 0.163. The summed E-state index contributed by atoms with van der Waals surface area (Å²) in [5.41, 5.74) is 21.5. The molecule has 0 saturated heterocycles. The van der Waals surface area contributed by atoms with Gasteiger partial charge in [-0.1, -0.05) is 159 Å². The largest absolute Gasteiger partial charge is 0.332 e. The second-order valence-electron chi connectivity index (χ2n) is 17.4. The average Bonchev–Trinajstić information content (AvgIpc) is 3.96. The molecule has 2 heteroatoms. The van der Waals surface area contributed by atoms with Crippen LogP contribution in [0, 0.1) is 0 Å². The Morgan fingerprint density at radius 3 is 1.69 bits per heavy atom. The van der Waals surface area contributed by atoms with Crippen molar-refractivity contribution in [2.75, 3.05) is 4.90 Å². The van der Waals surface area contributed by atoms with Gasteiger partial charge in [0, 0.05) is 45.2 Å². The van der Waals surface area contributed by atoms with Crippen molar-refractivity contribution in [2.24, 2.45) is 0 Å². The van der Waals surface area contributed by atoms with Crippen LogP contribution in [0.5, 0.6) is 0 Å². The van der Waals surface area contributed by atoms with Crippen LogP contribution in [0.1, 0.15) is 65.5 Å². The van der Waals surface area contributed by atoms with Gasteiger partial charge >= 0.3 is 0 Å². The van der Waals surface area contributed by atoms with E-state index < -0.39 is 0 Å². The Morgan fingerprint density at radius 2 is 1.00 bits per heavy atom. The molecular weight excluding hydrogens is 737 g/mol. The molecule has 0 bridgehead atoms. The van der Waals surface area contributed by atoms with E-state index in [1.165, 1.54) is 111 Å². The predicted octanol–water partition coefficient (Wildman–Crippen LogP) is 15.7. The van der Waals surface area contributed by atoms with Gasteiger partial charge in [-0.05, 0) is 128 Å². The maximum absolute atomic E-state index is 2.66. The number of hydrogen-bond acceptors (Lipinski definition) is 1. The van der Waals surface area contributed by atoms with Crippen LogP contribution in [0.15, 0.2) is 194 Å². The maximum Gasteiger partial charge on any atom is 0.0673 e. The highest BCUT2D eigenvalue weighted by molar-refractivity contribution is 6.10. The summed E-state index contributed by atoms with van der Waals surface area (Å²) in [5, 5.41) is 5.24. The first-order chi connectivity index (χ1) is 30.2. The molecule has 1 aliphatic carbocycles. The Balaban J connectivity index is 1.04. The molecular formula is C59H44N2. The molecule has 0 fully saturated rings. The number of para-hydroxylation sites is 4. The molecule has 3 aliphatic rings. The lowest BCUT2D eigenvalue weighted by Crippen LogP contribution is -2.27. The van der Waals surface area contributed by atoms with Gasteiger partial charge < -0.3 is 9.47 Å². The molecule has 290 valence electrons.